The number of piperidine rings is 1. The topological polar surface area (TPSA) is 41.1 Å². The Bertz CT molecular complexity index is 375. The molecule has 1 aliphatic heterocycles. The first-order valence-electron chi connectivity index (χ1n) is 5.53. The molecule has 0 spiro atoms. The molecule has 1 aromatic carbocycles. The van der Waals surface area contributed by atoms with Crippen LogP contribution in [0.25, 0.3) is 0 Å². The van der Waals surface area contributed by atoms with Gasteiger partial charge in [0.05, 0.1) is 5.92 Å². The molecule has 4 heteroatoms. The minimum Gasteiger partial charge on any atom is -0.326 e. The van der Waals surface area contributed by atoms with Crippen molar-refractivity contribution in [1.82, 2.24) is 5.32 Å². The Hall–Kier alpha value is -0.620. The normalized spacial score (nSPS) is 20.4. The number of carbonyl (C=O) groups excluding carboxylic acids is 1. The molecular formula is C12H15IN2O. The quantitative estimate of drug-likeness (QED) is 0.817. The number of halogens is 1. The highest BCUT2D eigenvalue weighted by atomic mass is 127. The van der Waals surface area contributed by atoms with Crippen LogP contribution in [-0.4, -0.2) is 19.0 Å². The van der Waals surface area contributed by atoms with Crippen LogP contribution in [0, 0.1) is 9.49 Å². The minimum atomic E-state index is 0.117. The first-order chi connectivity index (χ1) is 7.75. The predicted octanol–water partition coefficient (Wildman–Crippen LogP) is 2.23. The van der Waals surface area contributed by atoms with E-state index in [2.05, 4.69) is 33.2 Å². The molecule has 1 atom stereocenters. The second-order valence-corrected chi connectivity index (χ2v) is 5.29. The molecule has 1 heterocycles. The third-order valence-corrected chi connectivity index (χ3v) is 3.43. The van der Waals surface area contributed by atoms with Crippen molar-refractivity contribution in [2.24, 2.45) is 5.92 Å². The Kier molecular flexibility index (Phi) is 4.17. The van der Waals surface area contributed by atoms with E-state index in [1.54, 1.807) is 0 Å². The van der Waals surface area contributed by atoms with Gasteiger partial charge in [0, 0.05) is 15.8 Å². The molecule has 0 aromatic heterocycles. The third-order valence-electron chi connectivity index (χ3n) is 2.76. The van der Waals surface area contributed by atoms with Gasteiger partial charge in [0.25, 0.3) is 0 Å². The van der Waals surface area contributed by atoms with E-state index in [-0.39, 0.29) is 11.8 Å². The van der Waals surface area contributed by atoms with Gasteiger partial charge in [-0.1, -0.05) is 6.07 Å². The Morgan fingerprint density at radius 2 is 2.38 bits per heavy atom. The number of nitrogens with one attached hydrogen (secondary N) is 2. The van der Waals surface area contributed by atoms with E-state index < -0.39 is 0 Å². The van der Waals surface area contributed by atoms with Gasteiger partial charge < -0.3 is 10.6 Å². The summed E-state index contributed by atoms with van der Waals surface area (Å²) >= 11 is 2.24. The Balaban J connectivity index is 1.96. The zero-order chi connectivity index (χ0) is 11.4. The summed E-state index contributed by atoms with van der Waals surface area (Å²) in [5, 5.41) is 6.22. The first kappa shape index (κ1) is 11.9. The Labute approximate surface area is 109 Å². The average Bonchev–Trinajstić information content (AvgIpc) is 2.30. The largest absolute Gasteiger partial charge is 0.326 e. The van der Waals surface area contributed by atoms with Crippen molar-refractivity contribution < 1.29 is 4.79 Å². The summed E-state index contributed by atoms with van der Waals surface area (Å²) in [6.07, 6.45) is 2.08. The molecule has 86 valence electrons. The zero-order valence-electron chi connectivity index (χ0n) is 9.00. The second-order valence-electron chi connectivity index (χ2n) is 4.04. The summed E-state index contributed by atoms with van der Waals surface area (Å²) in [7, 11) is 0. The van der Waals surface area contributed by atoms with Crippen LogP contribution in [0.5, 0.6) is 0 Å². The van der Waals surface area contributed by atoms with Crippen molar-refractivity contribution in [1.29, 1.82) is 0 Å². The first-order valence-corrected chi connectivity index (χ1v) is 6.61. The summed E-state index contributed by atoms with van der Waals surface area (Å²) in [6.45, 7) is 1.84. The molecular weight excluding hydrogens is 315 g/mol. The molecule has 3 nitrogen and oxygen atoms in total. The lowest BCUT2D eigenvalue weighted by Crippen LogP contribution is -2.37. The maximum absolute atomic E-state index is 11.9. The lowest BCUT2D eigenvalue weighted by Gasteiger charge is -2.21. The zero-order valence-corrected chi connectivity index (χ0v) is 11.2. The summed E-state index contributed by atoms with van der Waals surface area (Å²) < 4.78 is 1.14. The maximum atomic E-state index is 11.9. The van der Waals surface area contributed by atoms with E-state index in [1.165, 1.54) is 0 Å². The smallest absolute Gasteiger partial charge is 0.228 e. The van der Waals surface area contributed by atoms with Crippen LogP contribution in [0.3, 0.4) is 0 Å². The number of amides is 1. The number of benzene rings is 1. The Morgan fingerprint density at radius 1 is 1.50 bits per heavy atom. The molecule has 0 unspecified atom stereocenters. The fourth-order valence-electron chi connectivity index (χ4n) is 1.89. The van der Waals surface area contributed by atoms with Crippen LogP contribution in [0.1, 0.15) is 12.8 Å². The number of anilines is 1. The number of hydrogen-bond donors (Lipinski definition) is 2. The molecule has 1 amide bonds. The van der Waals surface area contributed by atoms with Crippen LogP contribution >= 0.6 is 22.6 Å². The van der Waals surface area contributed by atoms with Crippen molar-refractivity contribution in [3.05, 3.63) is 27.8 Å². The van der Waals surface area contributed by atoms with E-state index >= 15 is 0 Å². The number of rotatable bonds is 2. The molecule has 2 rings (SSSR count). The van der Waals surface area contributed by atoms with E-state index in [0.717, 1.165) is 35.2 Å². The van der Waals surface area contributed by atoms with Crippen LogP contribution in [0.4, 0.5) is 5.69 Å². The molecule has 1 saturated heterocycles. The van der Waals surface area contributed by atoms with Crippen molar-refractivity contribution in [2.45, 2.75) is 12.8 Å². The molecule has 1 aromatic rings. The average molecular weight is 330 g/mol. The number of hydrogen-bond acceptors (Lipinski definition) is 2. The van der Waals surface area contributed by atoms with E-state index in [0.29, 0.717) is 0 Å². The van der Waals surface area contributed by atoms with Crippen LogP contribution in [0.15, 0.2) is 24.3 Å². The summed E-state index contributed by atoms with van der Waals surface area (Å²) in [4.78, 5) is 11.9. The SMILES string of the molecule is O=C(Nc1cccc(I)c1)[C@H]1CCCNC1. The molecule has 2 N–H and O–H groups in total. The molecule has 0 radical (unpaired) electrons. The Morgan fingerprint density at radius 3 is 3.06 bits per heavy atom. The third kappa shape index (κ3) is 3.18. The summed E-state index contributed by atoms with van der Waals surface area (Å²) in [5.41, 5.74) is 0.891. The van der Waals surface area contributed by atoms with Crippen LogP contribution in [0.2, 0.25) is 0 Å². The molecule has 0 bridgehead atoms. The predicted molar refractivity (Wildman–Crippen MR) is 73.4 cm³/mol. The van der Waals surface area contributed by atoms with Gasteiger partial charge in [0.15, 0.2) is 0 Å². The van der Waals surface area contributed by atoms with E-state index in [9.17, 15) is 4.79 Å². The lowest BCUT2D eigenvalue weighted by atomic mass is 9.99. The minimum absolute atomic E-state index is 0.117. The highest BCUT2D eigenvalue weighted by Gasteiger charge is 2.20. The van der Waals surface area contributed by atoms with E-state index in [4.69, 9.17) is 0 Å². The fraction of sp³-hybridized carbons (Fsp3) is 0.417. The van der Waals surface area contributed by atoms with Gasteiger partial charge in [-0.3, -0.25) is 4.79 Å². The van der Waals surface area contributed by atoms with Gasteiger partial charge in [-0.2, -0.15) is 0 Å². The van der Waals surface area contributed by atoms with Crippen molar-refractivity contribution >= 4 is 34.2 Å². The molecule has 1 fully saturated rings. The lowest BCUT2D eigenvalue weighted by molar-refractivity contribution is -0.120. The molecule has 1 aliphatic rings. The van der Waals surface area contributed by atoms with Crippen molar-refractivity contribution in [2.75, 3.05) is 18.4 Å². The van der Waals surface area contributed by atoms with Crippen LogP contribution in [-0.2, 0) is 4.79 Å². The van der Waals surface area contributed by atoms with Gasteiger partial charge in [-0.05, 0) is 60.2 Å². The number of carbonyl (C=O) groups is 1. The highest BCUT2D eigenvalue weighted by molar-refractivity contribution is 14.1. The standard InChI is InChI=1S/C12H15IN2O/c13-10-4-1-5-11(7-10)15-12(16)9-3-2-6-14-8-9/h1,4-5,7,9,14H,2-3,6,8H2,(H,15,16)/t9-/m0/s1. The summed E-state index contributed by atoms with van der Waals surface area (Å²) in [6, 6.07) is 7.87. The van der Waals surface area contributed by atoms with Crippen molar-refractivity contribution in [3.63, 3.8) is 0 Å². The van der Waals surface area contributed by atoms with Crippen LogP contribution < -0.4 is 10.6 Å². The maximum Gasteiger partial charge on any atom is 0.228 e. The summed E-state index contributed by atoms with van der Waals surface area (Å²) in [5.74, 6) is 0.251. The second kappa shape index (κ2) is 5.63. The van der Waals surface area contributed by atoms with Gasteiger partial charge in [0.1, 0.15) is 0 Å². The van der Waals surface area contributed by atoms with Gasteiger partial charge in [-0.25, -0.2) is 0 Å². The van der Waals surface area contributed by atoms with Gasteiger partial charge in [-0.15, -0.1) is 0 Å². The fourth-order valence-corrected chi connectivity index (χ4v) is 2.43. The highest BCUT2D eigenvalue weighted by Crippen LogP contribution is 2.16. The van der Waals surface area contributed by atoms with Crippen molar-refractivity contribution in [3.8, 4) is 0 Å². The molecule has 0 aliphatic carbocycles. The van der Waals surface area contributed by atoms with E-state index in [1.807, 2.05) is 24.3 Å². The monoisotopic (exact) mass is 330 g/mol. The molecule has 0 saturated carbocycles. The van der Waals surface area contributed by atoms with Gasteiger partial charge in [0.2, 0.25) is 5.91 Å². The molecule has 16 heavy (non-hydrogen) atoms. The van der Waals surface area contributed by atoms with Gasteiger partial charge >= 0.3 is 0 Å².